The Bertz CT molecular complexity index is 848. The van der Waals surface area contributed by atoms with Crippen molar-refractivity contribution >= 4 is 40.5 Å². The number of benzene rings is 2. The molecule has 0 spiro atoms. The second-order valence-electron chi connectivity index (χ2n) is 5.66. The summed E-state index contributed by atoms with van der Waals surface area (Å²) in [4.78, 5) is 22.8. The van der Waals surface area contributed by atoms with Crippen LogP contribution in [0.4, 0.5) is 15.8 Å². The number of para-hydroxylation sites is 2. The van der Waals surface area contributed by atoms with Gasteiger partial charge in [-0.25, -0.2) is 4.39 Å². The lowest BCUT2D eigenvalue weighted by atomic mass is 10.1. The molecule has 2 N–H and O–H groups in total. The molecule has 2 atom stereocenters. The SMILES string of the molecule is C[C@H](N[C@H](C)C(=O)Nc1ccccc1[N+](=O)[O-])c1cc(F)c(Cl)cc1Cl. The van der Waals surface area contributed by atoms with E-state index in [0.29, 0.717) is 5.56 Å². The van der Waals surface area contributed by atoms with Gasteiger partial charge in [0.25, 0.3) is 5.69 Å². The summed E-state index contributed by atoms with van der Waals surface area (Å²) in [6.45, 7) is 3.30. The van der Waals surface area contributed by atoms with Gasteiger partial charge in [0.1, 0.15) is 11.5 Å². The lowest BCUT2D eigenvalue weighted by Crippen LogP contribution is -2.39. The van der Waals surface area contributed by atoms with Gasteiger partial charge in [-0.2, -0.15) is 0 Å². The Balaban J connectivity index is 2.10. The van der Waals surface area contributed by atoms with Crippen molar-refractivity contribution in [3.05, 3.63) is 67.9 Å². The molecule has 0 heterocycles. The second-order valence-corrected chi connectivity index (χ2v) is 6.48. The predicted molar refractivity (Wildman–Crippen MR) is 99.2 cm³/mol. The Kier molecular flexibility index (Phi) is 6.52. The van der Waals surface area contributed by atoms with Crippen LogP contribution in [-0.2, 0) is 4.79 Å². The molecular weight excluding hydrogens is 384 g/mol. The van der Waals surface area contributed by atoms with Gasteiger partial charge >= 0.3 is 0 Å². The standard InChI is InChI=1S/C17H16Cl2FN3O3/c1-9(11-7-14(20)13(19)8-12(11)18)21-10(2)17(24)22-15-5-3-4-6-16(15)23(25)26/h3-10,21H,1-2H3,(H,22,24)/t9-,10+/m0/s1. The fourth-order valence-corrected chi connectivity index (χ4v) is 2.94. The first-order valence-electron chi connectivity index (χ1n) is 7.65. The molecule has 0 aliphatic rings. The van der Waals surface area contributed by atoms with Crippen LogP contribution in [0.25, 0.3) is 0 Å². The molecule has 0 radical (unpaired) electrons. The predicted octanol–water partition coefficient (Wildman–Crippen LogP) is 4.72. The number of halogens is 3. The van der Waals surface area contributed by atoms with Gasteiger partial charge in [-0.05, 0) is 37.6 Å². The molecule has 0 fully saturated rings. The highest BCUT2D eigenvalue weighted by atomic mass is 35.5. The summed E-state index contributed by atoms with van der Waals surface area (Å²) in [6, 6.07) is 7.15. The van der Waals surface area contributed by atoms with E-state index in [0.717, 1.165) is 0 Å². The van der Waals surface area contributed by atoms with Crippen LogP contribution in [0.3, 0.4) is 0 Å². The Morgan fingerprint density at radius 1 is 1.19 bits per heavy atom. The molecule has 0 aliphatic carbocycles. The molecule has 1 amide bonds. The first-order valence-corrected chi connectivity index (χ1v) is 8.41. The van der Waals surface area contributed by atoms with Crippen LogP contribution < -0.4 is 10.6 Å². The van der Waals surface area contributed by atoms with E-state index in [9.17, 15) is 19.3 Å². The monoisotopic (exact) mass is 399 g/mol. The third-order valence-electron chi connectivity index (χ3n) is 3.76. The molecule has 2 aromatic carbocycles. The number of nitro benzene ring substituents is 1. The molecule has 0 saturated carbocycles. The third kappa shape index (κ3) is 4.69. The Morgan fingerprint density at radius 3 is 2.50 bits per heavy atom. The van der Waals surface area contributed by atoms with E-state index in [1.807, 2.05) is 0 Å². The van der Waals surface area contributed by atoms with E-state index in [2.05, 4.69) is 10.6 Å². The summed E-state index contributed by atoms with van der Waals surface area (Å²) in [6.07, 6.45) is 0. The number of nitrogens with zero attached hydrogens (tertiary/aromatic N) is 1. The molecule has 2 aromatic rings. The van der Waals surface area contributed by atoms with Gasteiger partial charge in [-0.15, -0.1) is 0 Å². The van der Waals surface area contributed by atoms with Gasteiger partial charge in [0.2, 0.25) is 5.91 Å². The number of nitrogens with one attached hydrogen (secondary N) is 2. The minimum Gasteiger partial charge on any atom is -0.319 e. The number of carbonyl (C=O) groups is 1. The first-order chi connectivity index (χ1) is 12.2. The topological polar surface area (TPSA) is 84.3 Å². The van der Waals surface area contributed by atoms with Crippen molar-refractivity contribution in [2.24, 2.45) is 0 Å². The second kappa shape index (κ2) is 8.44. The number of anilines is 1. The average molecular weight is 400 g/mol. The van der Waals surface area contributed by atoms with Crippen LogP contribution >= 0.6 is 23.2 Å². The van der Waals surface area contributed by atoms with Crippen LogP contribution in [-0.4, -0.2) is 16.9 Å². The number of amides is 1. The Hall–Kier alpha value is -2.22. The summed E-state index contributed by atoms with van der Waals surface area (Å²) in [7, 11) is 0. The number of rotatable bonds is 6. The van der Waals surface area contributed by atoms with Crippen molar-refractivity contribution in [1.29, 1.82) is 0 Å². The molecule has 6 nitrogen and oxygen atoms in total. The molecule has 0 aliphatic heterocycles. The molecule has 0 saturated heterocycles. The summed E-state index contributed by atoms with van der Waals surface area (Å²) in [5.41, 5.74) is 0.335. The minimum atomic E-state index is -0.723. The third-order valence-corrected chi connectivity index (χ3v) is 4.37. The van der Waals surface area contributed by atoms with Crippen molar-refractivity contribution in [3.63, 3.8) is 0 Å². The van der Waals surface area contributed by atoms with E-state index >= 15 is 0 Å². The molecule has 2 rings (SSSR count). The number of nitro groups is 1. The van der Waals surface area contributed by atoms with E-state index in [1.165, 1.54) is 30.3 Å². The summed E-state index contributed by atoms with van der Waals surface area (Å²) >= 11 is 11.8. The smallest absolute Gasteiger partial charge is 0.292 e. The molecule has 0 unspecified atom stereocenters. The molecular formula is C17H16Cl2FN3O3. The minimum absolute atomic E-state index is 0.0897. The Morgan fingerprint density at radius 2 is 1.85 bits per heavy atom. The van der Waals surface area contributed by atoms with Gasteiger partial charge in [-0.3, -0.25) is 20.2 Å². The van der Waals surface area contributed by atoms with E-state index in [1.54, 1.807) is 19.9 Å². The fraction of sp³-hybridized carbons (Fsp3) is 0.235. The maximum absolute atomic E-state index is 13.7. The van der Waals surface area contributed by atoms with E-state index < -0.39 is 28.7 Å². The van der Waals surface area contributed by atoms with Crippen molar-refractivity contribution in [3.8, 4) is 0 Å². The largest absolute Gasteiger partial charge is 0.319 e. The van der Waals surface area contributed by atoms with Crippen LogP contribution in [0.1, 0.15) is 25.5 Å². The van der Waals surface area contributed by atoms with Crippen molar-refractivity contribution in [1.82, 2.24) is 5.32 Å². The van der Waals surface area contributed by atoms with E-state index in [4.69, 9.17) is 23.2 Å². The number of carbonyl (C=O) groups excluding carboxylic acids is 1. The fourth-order valence-electron chi connectivity index (χ4n) is 2.39. The zero-order valence-corrected chi connectivity index (χ0v) is 15.4. The van der Waals surface area contributed by atoms with Gasteiger partial charge in [0.15, 0.2) is 0 Å². The van der Waals surface area contributed by atoms with Crippen molar-refractivity contribution in [2.75, 3.05) is 5.32 Å². The van der Waals surface area contributed by atoms with Gasteiger partial charge in [0, 0.05) is 17.1 Å². The van der Waals surface area contributed by atoms with Crippen molar-refractivity contribution < 1.29 is 14.1 Å². The number of hydrogen-bond acceptors (Lipinski definition) is 4. The maximum Gasteiger partial charge on any atom is 0.292 e. The highest BCUT2D eigenvalue weighted by Gasteiger charge is 2.21. The highest BCUT2D eigenvalue weighted by molar-refractivity contribution is 6.35. The van der Waals surface area contributed by atoms with Crippen molar-refractivity contribution in [2.45, 2.75) is 25.9 Å². The quantitative estimate of drug-likeness (QED) is 0.418. The zero-order valence-electron chi connectivity index (χ0n) is 13.9. The summed E-state index contributed by atoms with van der Waals surface area (Å²) < 4.78 is 13.7. The number of hydrogen-bond donors (Lipinski definition) is 2. The normalized spacial score (nSPS) is 13.1. The lowest BCUT2D eigenvalue weighted by Gasteiger charge is -2.21. The zero-order chi connectivity index (χ0) is 19.4. The Labute approximate surface area is 159 Å². The van der Waals surface area contributed by atoms with Crippen LogP contribution in [0.15, 0.2) is 36.4 Å². The molecule has 0 bridgehead atoms. The van der Waals surface area contributed by atoms with E-state index in [-0.39, 0.29) is 21.4 Å². The molecule has 0 aromatic heterocycles. The summed E-state index contributed by atoms with van der Waals surface area (Å²) in [5, 5.41) is 16.7. The van der Waals surface area contributed by atoms with Crippen LogP contribution in [0.2, 0.25) is 10.0 Å². The van der Waals surface area contributed by atoms with Crippen LogP contribution in [0.5, 0.6) is 0 Å². The van der Waals surface area contributed by atoms with Crippen LogP contribution in [0, 0.1) is 15.9 Å². The van der Waals surface area contributed by atoms with Gasteiger partial charge < -0.3 is 5.32 Å². The maximum atomic E-state index is 13.7. The lowest BCUT2D eigenvalue weighted by molar-refractivity contribution is -0.383. The molecule has 9 heteroatoms. The summed E-state index contributed by atoms with van der Waals surface area (Å²) in [5.74, 6) is -1.09. The highest BCUT2D eigenvalue weighted by Crippen LogP contribution is 2.29. The molecule has 138 valence electrons. The first kappa shape index (κ1) is 20.1. The molecule has 26 heavy (non-hydrogen) atoms. The van der Waals surface area contributed by atoms with Gasteiger partial charge in [0.05, 0.1) is 16.0 Å². The average Bonchev–Trinajstić information content (AvgIpc) is 2.58. The van der Waals surface area contributed by atoms with Gasteiger partial charge in [-0.1, -0.05) is 35.3 Å².